The fourth-order valence-electron chi connectivity index (χ4n) is 19.0. The van der Waals surface area contributed by atoms with Crippen LogP contribution in [-0.2, 0) is 0 Å². The van der Waals surface area contributed by atoms with Gasteiger partial charge in [-0.05, 0) is 199 Å². The summed E-state index contributed by atoms with van der Waals surface area (Å²) in [6.45, 7) is 10.9. The molecular formula is C54H92N4. The second-order valence-electron chi connectivity index (χ2n) is 24.9. The zero-order valence-electron chi connectivity index (χ0n) is 38.7. The molecule has 0 radical (unpaired) electrons. The Morgan fingerprint density at radius 1 is 0.293 bits per heavy atom. The number of fused-ring (bicyclic) bond motifs is 6. The lowest BCUT2D eigenvalue weighted by Crippen LogP contribution is -2.54. The van der Waals surface area contributed by atoms with E-state index >= 15 is 0 Å². The molecule has 4 heteroatoms. The molecule has 10 unspecified atom stereocenters. The molecular weight excluding hydrogens is 705 g/mol. The van der Waals surface area contributed by atoms with E-state index in [-0.39, 0.29) is 0 Å². The summed E-state index contributed by atoms with van der Waals surface area (Å²) in [5.74, 6) is 8.15. The number of hydrogen-bond donors (Lipinski definition) is 0. The van der Waals surface area contributed by atoms with Crippen LogP contribution in [-0.4, -0.2) is 58.1 Å². The van der Waals surface area contributed by atoms with Crippen molar-refractivity contribution in [2.75, 3.05) is 0 Å². The normalized spacial score (nSPS) is 46.2. The summed E-state index contributed by atoms with van der Waals surface area (Å²) in [4.78, 5) is 6.49. The topological polar surface area (TPSA) is 31.2 Å². The molecule has 0 bridgehead atoms. The van der Waals surface area contributed by atoms with Crippen molar-refractivity contribution in [3.8, 4) is 0 Å². The van der Waals surface area contributed by atoms with Gasteiger partial charge in [-0.1, -0.05) is 91.9 Å². The van der Waals surface area contributed by atoms with Crippen molar-refractivity contribution in [1.82, 2.24) is 9.80 Å². The van der Waals surface area contributed by atoms with Crippen molar-refractivity contribution >= 4 is 0 Å². The Labute approximate surface area is 358 Å². The van der Waals surface area contributed by atoms with Gasteiger partial charge in [-0.15, -0.1) is 0 Å². The molecule has 0 aliphatic heterocycles. The summed E-state index contributed by atoms with van der Waals surface area (Å²) >= 11 is 0. The lowest BCUT2D eigenvalue weighted by molar-refractivity contribution is -0.0135. The molecule has 0 saturated heterocycles. The fourth-order valence-corrected chi connectivity index (χ4v) is 19.0. The lowest BCUT2D eigenvalue weighted by Gasteiger charge is -2.51. The summed E-state index contributed by atoms with van der Waals surface area (Å²) in [5, 5.41) is 10.5. The molecule has 10 atom stereocenters. The van der Waals surface area contributed by atoms with Crippen LogP contribution < -0.4 is 0 Å². The average Bonchev–Trinajstić information content (AvgIpc) is 3.64. The van der Waals surface area contributed by atoms with E-state index in [1.165, 1.54) is 193 Å². The zero-order valence-corrected chi connectivity index (χ0v) is 38.7. The maximum atomic E-state index is 5.26. The van der Waals surface area contributed by atoms with Gasteiger partial charge in [-0.2, -0.15) is 10.2 Å². The summed E-state index contributed by atoms with van der Waals surface area (Å²) in [7, 11) is 0. The molecule has 10 aliphatic carbocycles. The smallest absolute Gasteiger partial charge is 0.0709 e. The van der Waals surface area contributed by atoms with E-state index in [4.69, 9.17) is 10.2 Å². The minimum atomic E-state index is 0.488. The highest BCUT2D eigenvalue weighted by atomic mass is 15.2. The van der Waals surface area contributed by atoms with Gasteiger partial charge in [-0.25, -0.2) is 0 Å². The third-order valence-corrected chi connectivity index (χ3v) is 21.7. The molecule has 10 aliphatic rings. The van der Waals surface area contributed by atoms with E-state index in [0.29, 0.717) is 22.9 Å². The molecule has 0 aromatic rings. The maximum absolute atomic E-state index is 5.26. The third kappa shape index (κ3) is 7.90. The van der Waals surface area contributed by atoms with E-state index in [1.54, 1.807) is 12.8 Å². The second-order valence-corrected chi connectivity index (χ2v) is 24.9. The minimum Gasteiger partial charge on any atom is -0.294 e. The predicted octanol–water partition coefficient (Wildman–Crippen LogP) is 14.6. The third-order valence-electron chi connectivity index (χ3n) is 21.7. The van der Waals surface area contributed by atoms with E-state index in [2.05, 4.69) is 37.5 Å². The number of rotatable bonds is 8. The first-order valence-electron chi connectivity index (χ1n) is 27.2. The van der Waals surface area contributed by atoms with Gasteiger partial charge < -0.3 is 0 Å². The van der Waals surface area contributed by atoms with Gasteiger partial charge in [0.1, 0.15) is 0 Å². The largest absolute Gasteiger partial charge is 0.294 e. The molecule has 10 fully saturated rings. The molecule has 0 spiro atoms. The van der Waals surface area contributed by atoms with Crippen LogP contribution in [0.25, 0.3) is 0 Å². The number of hydrogen-bond acceptors (Lipinski definition) is 4. The van der Waals surface area contributed by atoms with Crippen molar-refractivity contribution in [1.29, 1.82) is 0 Å². The molecule has 0 aromatic heterocycles. The quantitative estimate of drug-likeness (QED) is 0.229. The van der Waals surface area contributed by atoms with Crippen molar-refractivity contribution in [2.45, 2.75) is 281 Å². The standard InChI is InChI=1S/C54H92N4/c1-53(2)49-21-13-11-19-45(49)47-33-31-43(35-51(47)53)57(39-15-7-5-8-16-39)41-27-23-37(24-28-41)55-56-38-25-29-42(30-26-38)58(40-17-9-6-10-18-40)44-32-34-48-46-20-12-14-22-50(46)54(3,4)52(48)36-44/h37-52H,5-36H2,1-4H3. The number of azo groups is 1. The predicted molar refractivity (Wildman–Crippen MR) is 242 cm³/mol. The molecule has 10 rings (SSSR count). The Balaban J connectivity index is 0.749. The van der Waals surface area contributed by atoms with Crippen LogP contribution in [0.5, 0.6) is 0 Å². The average molecular weight is 797 g/mol. The van der Waals surface area contributed by atoms with Gasteiger partial charge >= 0.3 is 0 Å². The van der Waals surface area contributed by atoms with Crippen molar-refractivity contribution < 1.29 is 0 Å². The lowest BCUT2D eigenvalue weighted by atomic mass is 9.67. The van der Waals surface area contributed by atoms with Crippen molar-refractivity contribution in [3.05, 3.63) is 0 Å². The zero-order chi connectivity index (χ0) is 39.4. The van der Waals surface area contributed by atoms with E-state index in [1.807, 2.05) is 0 Å². The molecule has 328 valence electrons. The van der Waals surface area contributed by atoms with Crippen LogP contribution in [0.3, 0.4) is 0 Å². The van der Waals surface area contributed by atoms with Crippen LogP contribution >= 0.6 is 0 Å². The van der Waals surface area contributed by atoms with E-state index in [9.17, 15) is 0 Å². The molecule has 0 aromatic carbocycles. The van der Waals surface area contributed by atoms with Crippen molar-refractivity contribution in [2.24, 2.45) is 68.4 Å². The van der Waals surface area contributed by atoms with Gasteiger partial charge in [0.25, 0.3) is 0 Å². The first kappa shape index (κ1) is 41.5. The summed E-state index contributed by atoms with van der Waals surface area (Å²) in [6, 6.07) is 5.99. The van der Waals surface area contributed by atoms with E-state index in [0.717, 1.165) is 83.6 Å². The first-order valence-corrected chi connectivity index (χ1v) is 27.2. The molecule has 0 heterocycles. The van der Waals surface area contributed by atoms with Gasteiger partial charge in [-0.3, -0.25) is 9.80 Å². The van der Waals surface area contributed by atoms with Crippen LogP contribution in [0.15, 0.2) is 10.2 Å². The molecule has 0 N–H and O–H groups in total. The summed E-state index contributed by atoms with van der Waals surface area (Å²) in [6.07, 6.45) is 46.7. The monoisotopic (exact) mass is 797 g/mol. The first-order chi connectivity index (χ1) is 28.3. The Bertz CT molecular complexity index is 1260. The van der Waals surface area contributed by atoms with Crippen molar-refractivity contribution in [3.63, 3.8) is 0 Å². The Morgan fingerprint density at radius 2 is 0.603 bits per heavy atom. The highest BCUT2D eigenvalue weighted by Gasteiger charge is 2.59. The molecule has 58 heavy (non-hydrogen) atoms. The van der Waals surface area contributed by atoms with Gasteiger partial charge in [0.2, 0.25) is 0 Å². The fraction of sp³-hybridized carbons (Fsp3) is 1.00. The number of nitrogens with zero attached hydrogens (tertiary/aromatic N) is 4. The summed E-state index contributed by atoms with van der Waals surface area (Å²) < 4.78 is 0. The van der Waals surface area contributed by atoms with Crippen LogP contribution in [0, 0.1) is 58.2 Å². The van der Waals surface area contributed by atoms with E-state index < -0.39 is 0 Å². The molecule has 4 nitrogen and oxygen atoms in total. The van der Waals surface area contributed by atoms with Gasteiger partial charge in [0.15, 0.2) is 0 Å². The highest BCUT2D eigenvalue weighted by molar-refractivity contribution is 5.09. The van der Waals surface area contributed by atoms with Crippen LogP contribution in [0.2, 0.25) is 0 Å². The Morgan fingerprint density at radius 3 is 1.00 bits per heavy atom. The molecule has 10 saturated carbocycles. The van der Waals surface area contributed by atoms with Gasteiger partial charge in [0.05, 0.1) is 12.1 Å². The second kappa shape index (κ2) is 17.6. The Kier molecular flexibility index (Phi) is 12.6. The minimum absolute atomic E-state index is 0.488. The highest BCUT2D eigenvalue weighted by Crippen LogP contribution is 2.65. The molecule has 0 amide bonds. The summed E-state index contributed by atoms with van der Waals surface area (Å²) in [5.41, 5.74) is 1.12. The van der Waals surface area contributed by atoms with Crippen LogP contribution in [0.4, 0.5) is 0 Å². The van der Waals surface area contributed by atoms with Gasteiger partial charge in [0, 0.05) is 36.3 Å². The Hall–Kier alpha value is -0.480. The maximum Gasteiger partial charge on any atom is 0.0709 e. The van der Waals surface area contributed by atoms with Crippen LogP contribution in [0.1, 0.15) is 233 Å². The SMILES string of the molecule is CC1(C)C2CCCCC2C2CCC(N(C3CCCCC3)C3CCC(N=NC4CCC(N(C5CCCCC5)C5CCC6C7CCCCC7C(C)(C)C6C5)CC4)CC3)CC21.